The number of benzene rings is 3. The number of ether oxygens (including phenoxy) is 1. The lowest BCUT2D eigenvalue weighted by Crippen LogP contribution is -2.44. The van der Waals surface area contributed by atoms with Crippen molar-refractivity contribution in [2.45, 2.75) is 24.9 Å². The van der Waals surface area contributed by atoms with Gasteiger partial charge in [0.1, 0.15) is 28.6 Å². The van der Waals surface area contributed by atoms with Crippen LogP contribution in [0.4, 0.5) is 8.78 Å². The minimum Gasteiger partial charge on any atom is -0.493 e. The zero-order valence-corrected chi connectivity index (χ0v) is 21.7. The summed E-state index contributed by atoms with van der Waals surface area (Å²) < 4.78 is 38.4. The quantitative estimate of drug-likeness (QED) is 0.277. The highest BCUT2D eigenvalue weighted by Crippen LogP contribution is 2.42. The molecule has 7 nitrogen and oxygen atoms in total. The molecule has 4 aromatic rings. The van der Waals surface area contributed by atoms with Gasteiger partial charge in [-0.1, -0.05) is 24.3 Å². The fourth-order valence-corrected chi connectivity index (χ4v) is 5.43. The molecule has 0 unspecified atom stereocenters. The Morgan fingerprint density at radius 2 is 1.55 bits per heavy atom. The predicted molar refractivity (Wildman–Crippen MR) is 145 cm³/mol. The average molecular weight is 550 g/mol. The van der Waals surface area contributed by atoms with Crippen LogP contribution in [0.5, 0.6) is 5.75 Å². The SMILES string of the molecule is O=C(O)c1cc(=O)c2ccc(OCCCN3CCC(C(O)(c4ccc(F)cc4)c4ccc(F)cc4)CC3)cc2o1. The molecule has 0 amide bonds. The molecule has 1 aliphatic heterocycles. The van der Waals surface area contributed by atoms with E-state index in [2.05, 4.69) is 4.90 Å². The number of piperidine rings is 1. The second-order valence-electron chi connectivity index (χ2n) is 10.0. The third kappa shape index (κ3) is 5.76. The third-order valence-electron chi connectivity index (χ3n) is 7.55. The highest BCUT2D eigenvalue weighted by atomic mass is 19.1. The van der Waals surface area contributed by atoms with E-state index >= 15 is 0 Å². The van der Waals surface area contributed by atoms with Crippen LogP contribution in [0.15, 0.2) is 82.0 Å². The van der Waals surface area contributed by atoms with Gasteiger partial charge in [-0.25, -0.2) is 13.6 Å². The third-order valence-corrected chi connectivity index (χ3v) is 7.55. The molecule has 9 heteroatoms. The van der Waals surface area contributed by atoms with Gasteiger partial charge in [-0.2, -0.15) is 0 Å². The maximum atomic E-state index is 13.6. The number of carboxylic acids is 1. The second kappa shape index (κ2) is 11.6. The Morgan fingerprint density at radius 3 is 2.12 bits per heavy atom. The number of carboxylic acid groups (broad SMARTS) is 1. The van der Waals surface area contributed by atoms with Crippen molar-refractivity contribution in [3.63, 3.8) is 0 Å². The Morgan fingerprint density at radius 1 is 0.950 bits per heavy atom. The first-order valence-corrected chi connectivity index (χ1v) is 13.1. The molecule has 0 atom stereocenters. The highest BCUT2D eigenvalue weighted by Gasteiger charge is 2.41. The van der Waals surface area contributed by atoms with E-state index in [0.29, 0.717) is 36.3 Å². The standard InChI is InChI=1S/C31H29F2NO6/c32-23-6-2-20(3-7-23)31(38,21-4-8-24(33)9-5-21)22-12-15-34(16-13-22)14-1-17-39-25-10-11-26-27(35)19-29(30(36)37)40-28(26)18-25/h2-11,18-19,22,38H,1,12-17H2,(H,36,37). The van der Waals surface area contributed by atoms with E-state index in [-0.39, 0.29) is 28.5 Å². The highest BCUT2D eigenvalue weighted by molar-refractivity contribution is 5.87. The molecule has 1 aliphatic rings. The number of hydrogen-bond donors (Lipinski definition) is 2. The van der Waals surface area contributed by atoms with Crippen LogP contribution in [0, 0.1) is 17.6 Å². The molecule has 2 heterocycles. The molecule has 1 fully saturated rings. The molecule has 5 rings (SSSR count). The summed E-state index contributed by atoms with van der Waals surface area (Å²) in [6, 6.07) is 17.3. The van der Waals surface area contributed by atoms with Crippen LogP contribution in [0.2, 0.25) is 0 Å². The van der Waals surface area contributed by atoms with Gasteiger partial charge in [-0.05, 0) is 85.8 Å². The zero-order chi connectivity index (χ0) is 28.3. The molecule has 2 N–H and O–H groups in total. The minimum absolute atomic E-state index is 0.140. The number of halogens is 2. The number of aliphatic hydroxyl groups is 1. The predicted octanol–water partition coefficient (Wildman–Crippen LogP) is 5.19. The first kappa shape index (κ1) is 27.5. The number of carbonyl (C=O) groups is 1. The normalized spacial score (nSPS) is 14.9. The Balaban J connectivity index is 1.18. The van der Waals surface area contributed by atoms with Crippen LogP contribution in [-0.2, 0) is 5.60 Å². The Bertz CT molecular complexity index is 1500. The molecule has 208 valence electrons. The van der Waals surface area contributed by atoms with E-state index < -0.39 is 22.8 Å². The number of nitrogens with zero attached hydrogens (tertiary/aromatic N) is 1. The van der Waals surface area contributed by atoms with Crippen molar-refractivity contribution in [1.82, 2.24) is 4.90 Å². The second-order valence-corrected chi connectivity index (χ2v) is 10.0. The van der Waals surface area contributed by atoms with E-state index in [4.69, 9.17) is 14.3 Å². The monoisotopic (exact) mass is 549 g/mol. The lowest BCUT2D eigenvalue weighted by Gasteiger charge is -2.42. The fourth-order valence-electron chi connectivity index (χ4n) is 5.43. The largest absolute Gasteiger partial charge is 0.493 e. The maximum Gasteiger partial charge on any atom is 0.371 e. The summed E-state index contributed by atoms with van der Waals surface area (Å²) in [6.45, 7) is 2.66. The van der Waals surface area contributed by atoms with Crippen LogP contribution in [0.3, 0.4) is 0 Å². The lowest BCUT2D eigenvalue weighted by molar-refractivity contribution is -0.0147. The van der Waals surface area contributed by atoms with Crippen molar-refractivity contribution in [3.8, 4) is 5.75 Å². The van der Waals surface area contributed by atoms with Crippen LogP contribution in [0.25, 0.3) is 11.0 Å². The number of rotatable bonds is 9. The summed E-state index contributed by atoms with van der Waals surface area (Å²) in [4.78, 5) is 25.6. The zero-order valence-electron chi connectivity index (χ0n) is 21.7. The van der Waals surface area contributed by atoms with Crippen molar-refractivity contribution in [2.75, 3.05) is 26.2 Å². The van der Waals surface area contributed by atoms with Crippen LogP contribution < -0.4 is 10.2 Å². The summed E-state index contributed by atoms with van der Waals surface area (Å²) in [5.41, 5.74) is -0.496. The van der Waals surface area contributed by atoms with E-state index in [1.54, 1.807) is 36.4 Å². The molecule has 0 radical (unpaired) electrons. The van der Waals surface area contributed by atoms with Gasteiger partial charge < -0.3 is 24.3 Å². The molecule has 0 aliphatic carbocycles. The molecule has 1 aromatic heterocycles. The molecular formula is C31H29F2NO6. The Hall–Kier alpha value is -4.08. The van der Waals surface area contributed by atoms with Crippen LogP contribution >= 0.6 is 0 Å². The smallest absolute Gasteiger partial charge is 0.371 e. The fraction of sp³-hybridized carbons (Fsp3) is 0.290. The van der Waals surface area contributed by atoms with Gasteiger partial charge in [0.2, 0.25) is 5.76 Å². The van der Waals surface area contributed by atoms with Gasteiger partial charge >= 0.3 is 5.97 Å². The molecular weight excluding hydrogens is 520 g/mol. The van der Waals surface area contributed by atoms with E-state index in [1.807, 2.05) is 0 Å². The van der Waals surface area contributed by atoms with Crippen molar-refractivity contribution < 1.29 is 32.9 Å². The molecule has 0 spiro atoms. The van der Waals surface area contributed by atoms with Crippen molar-refractivity contribution in [3.05, 3.63) is 112 Å². The summed E-state index contributed by atoms with van der Waals surface area (Å²) in [5.74, 6) is -2.19. The minimum atomic E-state index is -1.37. The molecule has 1 saturated heterocycles. The van der Waals surface area contributed by atoms with Gasteiger partial charge in [0.05, 0.1) is 12.0 Å². The maximum absolute atomic E-state index is 13.6. The van der Waals surface area contributed by atoms with E-state index in [0.717, 1.165) is 32.1 Å². The van der Waals surface area contributed by atoms with Gasteiger partial charge in [0.25, 0.3) is 0 Å². The number of hydrogen-bond acceptors (Lipinski definition) is 6. The van der Waals surface area contributed by atoms with Crippen molar-refractivity contribution in [1.29, 1.82) is 0 Å². The van der Waals surface area contributed by atoms with E-state index in [9.17, 15) is 23.5 Å². The van der Waals surface area contributed by atoms with Gasteiger partial charge in [-0.15, -0.1) is 0 Å². The first-order valence-electron chi connectivity index (χ1n) is 13.1. The van der Waals surface area contributed by atoms with E-state index in [1.165, 1.54) is 30.3 Å². The lowest BCUT2D eigenvalue weighted by atomic mass is 9.72. The number of aromatic carboxylic acids is 1. The van der Waals surface area contributed by atoms with Crippen LogP contribution in [0.1, 0.15) is 40.9 Å². The summed E-state index contributed by atoms with van der Waals surface area (Å²) in [5, 5.41) is 21.4. The van der Waals surface area contributed by atoms with Crippen molar-refractivity contribution in [2.24, 2.45) is 5.92 Å². The molecule has 3 aromatic carbocycles. The van der Waals surface area contributed by atoms with Crippen molar-refractivity contribution >= 4 is 16.9 Å². The van der Waals surface area contributed by atoms with Gasteiger partial charge in [0, 0.05) is 18.7 Å². The Kier molecular flexibility index (Phi) is 7.95. The number of likely N-dealkylation sites (tertiary alicyclic amines) is 1. The average Bonchev–Trinajstić information content (AvgIpc) is 2.96. The van der Waals surface area contributed by atoms with Crippen LogP contribution in [-0.4, -0.2) is 47.3 Å². The molecule has 0 saturated carbocycles. The Labute approximate surface area is 229 Å². The number of fused-ring (bicyclic) bond motifs is 1. The van der Waals surface area contributed by atoms with Gasteiger partial charge in [-0.3, -0.25) is 4.79 Å². The molecule has 40 heavy (non-hydrogen) atoms. The summed E-state index contributed by atoms with van der Waals surface area (Å²) in [6.07, 6.45) is 2.12. The summed E-state index contributed by atoms with van der Waals surface area (Å²) in [7, 11) is 0. The van der Waals surface area contributed by atoms with Gasteiger partial charge in [0.15, 0.2) is 5.43 Å². The molecule has 0 bridgehead atoms. The topological polar surface area (TPSA) is 100 Å². The first-order chi connectivity index (χ1) is 19.2. The summed E-state index contributed by atoms with van der Waals surface area (Å²) >= 11 is 0.